The summed E-state index contributed by atoms with van der Waals surface area (Å²) in [5.74, 6) is 0.399. The summed E-state index contributed by atoms with van der Waals surface area (Å²) in [7, 11) is -2.03. The number of hydrogen-bond donors (Lipinski definition) is 1. The van der Waals surface area contributed by atoms with Gasteiger partial charge in [0.25, 0.3) is 0 Å². The van der Waals surface area contributed by atoms with Gasteiger partial charge in [0.15, 0.2) is 0 Å². The number of amides is 1. The second-order valence-corrected chi connectivity index (χ2v) is 9.99. The van der Waals surface area contributed by atoms with Crippen LogP contribution in [0.4, 0.5) is 0 Å². The van der Waals surface area contributed by atoms with Gasteiger partial charge in [-0.05, 0) is 61.7 Å². The first-order chi connectivity index (χ1) is 13.8. The van der Waals surface area contributed by atoms with Gasteiger partial charge in [-0.3, -0.25) is 4.79 Å². The molecule has 0 bridgehead atoms. The van der Waals surface area contributed by atoms with E-state index in [1.807, 2.05) is 31.2 Å². The van der Waals surface area contributed by atoms with E-state index in [9.17, 15) is 13.2 Å². The Morgan fingerprint density at radius 3 is 2.24 bits per heavy atom. The molecular weight excluding hydrogens is 456 g/mol. The molecule has 0 aromatic heterocycles. The van der Waals surface area contributed by atoms with Crippen LogP contribution in [-0.4, -0.2) is 38.8 Å². The molecule has 156 valence electrons. The molecule has 2 aromatic rings. The highest BCUT2D eigenvalue weighted by Gasteiger charge is 2.32. The second kappa shape index (κ2) is 9.28. The molecule has 0 radical (unpaired) electrons. The monoisotopic (exact) mass is 480 g/mol. The third-order valence-electron chi connectivity index (χ3n) is 5.25. The Bertz CT molecular complexity index is 938. The summed E-state index contributed by atoms with van der Waals surface area (Å²) in [4.78, 5) is 12.9. The Morgan fingerprint density at radius 1 is 1.10 bits per heavy atom. The number of halogens is 1. The van der Waals surface area contributed by atoms with Crippen LogP contribution >= 0.6 is 15.9 Å². The first-order valence-corrected chi connectivity index (χ1v) is 11.7. The van der Waals surface area contributed by atoms with E-state index in [0.29, 0.717) is 31.7 Å². The standard InChI is InChI=1S/C21H25BrN2O4S/c1-15(16-3-5-18(22)6-4-16)23-21(25)17-11-13-24(14-12-17)29(26,27)20-9-7-19(28-2)8-10-20/h3-10,15,17H,11-14H2,1-2H3,(H,23,25)/t15-/m0/s1. The first-order valence-electron chi connectivity index (χ1n) is 9.51. The molecule has 1 saturated heterocycles. The summed E-state index contributed by atoms with van der Waals surface area (Å²) in [6.07, 6.45) is 1.02. The van der Waals surface area contributed by atoms with E-state index in [2.05, 4.69) is 21.2 Å². The van der Waals surface area contributed by atoms with E-state index in [-0.39, 0.29) is 22.8 Å². The number of sulfonamides is 1. The van der Waals surface area contributed by atoms with Crippen LogP contribution in [0.25, 0.3) is 0 Å². The summed E-state index contributed by atoms with van der Waals surface area (Å²) in [5.41, 5.74) is 1.03. The van der Waals surface area contributed by atoms with Crippen molar-refractivity contribution < 1.29 is 17.9 Å². The SMILES string of the molecule is COc1ccc(S(=O)(=O)N2CCC(C(=O)N[C@@H](C)c3ccc(Br)cc3)CC2)cc1. The molecule has 1 fully saturated rings. The van der Waals surface area contributed by atoms with Gasteiger partial charge in [0.2, 0.25) is 15.9 Å². The predicted molar refractivity (Wildman–Crippen MR) is 115 cm³/mol. The zero-order valence-corrected chi connectivity index (χ0v) is 18.9. The molecule has 1 aliphatic heterocycles. The Balaban J connectivity index is 1.57. The molecular formula is C21H25BrN2O4S. The number of piperidine rings is 1. The van der Waals surface area contributed by atoms with Gasteiger partial charge in [0, 0.05) is 23.5 Å². The second-order valence-electron chi connectivity index (χ2n) is 7.14. The van der Waals surface area contributed by atoms with Gasteiger partial charge in [-0.25, -0.2) is 8.42 Å². The number of carbonyl (C=O) groups excluding carboxylic acids is 1. The van der Waals surface area contributed by atoms with Crippen LogP contribution in [-0.2, 0) is 14.8 Å². The Labute approximate surface area is 180 Å². The van der Waals surface area contributed by atoms with E-state index in [1.54, 1.807) is 24.3 Å². The Hall–Kier alpha value is -1.90. The van der Waals surface area contributed by atoms with Crippen LogP contribution < -0.4 is 10.1 Å². The van der Waals surface area contributed by atoms with Crippen molar-refractivity contribution in [1.29, 1.82) is 0 Å². The predicted octanol–water partition coefficient (Wildman–Crippen LogP) is 3.74. The molecule has 8 heteroatoms. The number of rotatable bonds is 6. The third kappa shape index (κ3) is 5.18. The topological polar surface area (TPSA) is 75.7 Å². The van der Waals surface area contributed by atoms with Crippen LogP contribution in [0, 0.1) is 5.92 Å². The lowest BCUT2D eigenvalue weighted by Crippen LogP contribution is -2.43. The minimum Gasteiger partial charge on any atom is -0.497 e. The van der Waals surface area contributed by atoms with Gasteiger partial charge in [-0.15, -0.1) is 0 Å². The maximum Gasteiger partial charge on any atom is 0.243 e. The highest BCUT2D eigenvalue weighted by atomic mass is 79.9. The fraction of sp³-hybridized carbons (Fsp3) is 0.381. The number of hydrogen-bond acceptors (Lipinski definition) is 4. The van der Waals surface area contributed by atoms with Crippen molar-refractivity contribution >= 4 is 31.9 Å². The van der Waals surface area contributed by atoms with Crippen LogP contribution in [0.1, 0.15) is 31.4 Å². The average molecular weight is 481 g/mol. The molecule has 0 spiro atoms. The molecule has 3 rings (SSSR count). The van der Waals surface area contributed by atoms with E-state index in [0.717, 1.165) is 10.0 Å². The van der Waals surface area contributed by atoms with E-state index >= 15 is 0 Å². The molecule has 0 saturated carbocycles. The molecule has 2 aromatic carbocycles. The summed E-state index contributed by atoms with van der Waals surface area (Å²) in [5, 5.41) is 3.05. The minimum absolute atomic E-state index is 0.0260. The van der Waals surface area contributed by atoms with Crippen molar-refractivity contribution in [2.24, 2.45) is 5.92 Å². The fourth-order valence-electron chi connectivity index (χ4n) is 3.42. The summed E-state index contributed by atoms with van der Waals surface area (Å²) in [6.45, 7) is 2.61. The first kappa shape index (κ1) is 21.8. The van der Waals surface area contributed by atoms with Crippen molar-refractivity contribution in [2.75, 3.05) is 20.2 Å². The lowest BCUT2D eigenvalue weighted by Gasteiger charge is -2.31. The zero-order valence-electron chi connectivity index (χ0n) is 16.5. The molecule has 1 amide bonds. The van der Waals surface area contributed by atoms with Gasteiger partial charge in [-0.2, -0.15) is 4.31 Å². The zero-order chi connectivity index (χ0) is 21.0. The lowest BCUT2D eigenvalue weighted by molar-refractivity contribution is -0.126. The molecule has 1 heterocycles. The summed E-state index contributed by atoms with van der Waals surface area (Å²) >= 11 is 3.41. The number of methoxy groups -OCH3 is 1. The van der Waals surface area contributed by atoms with Crippen molar-refractivity contribution in [3.8, 4) is 5.75 Å². The van der Waals surface area contributed by atoms with Gasteiger partial charge < -0.3 is 10.1 Å². The maximum atomic E-state index is 12.8. The van der Waals surface area contributed by atoms with Crippen LogP contribution in [0.5, 0.6) is 5.75 Å². The van der Waals surface area contributed by atoms with Gasteiger partial charge in [0.1, 0.15) is 5.75 Å². The van der Waals surface area contributed by atoms with E-state index in [1.165, 1.54) is 11.4 Å². The van der Waals surface area contributed by atoms with E-state index in [4.69, 9.17) is 4.74 Å². The number of benzene rings is 2. The van der Waals surface area contributed by atoms with Crippen LogP contribution in [0.2, 0.25) is 0 Å². The summed E-state index contributed by atoms with van der Waals surface area (Å²) in [6, 6.07) is 14.1. The Kier molecular flexibility index (Phi) is 6.97. The fourth-order valence-corrected chi connectivity index (χ4v) is 5.16. The highest BCUT2D eigenvalue weighted by molar-refractivity contribution is 9.10. The smallest absolute Gasteiger partial charge is 0.243 e. The summed E-state index contributed by atoms with van der Waals surface area (Å²) < 4.78 is 33.2. The Morgan fingerprint density at radius 2 is 1.69 bits per heavy atom. The molecule has 29 heavy (non-hydrogen) atoms. The number of carbonyl (C=O) groups is 1. The number of nitrogens with zero attached hydrogens (tertiary/aromatic N) is 1. The molecule has 1 aliphatic rings. The quantitative estimate of drug-likeness (QED) is 0.682. The van der Waals surface area contributed by atoms with Gasteiger partial charge in [0.05, 0.1) is 18.0 Å². The van der Waals surface area contributed by atoms with Crippen molar-refractivity contribution in [3.05, 3.63) is 58.6 Å². The third-order valence-corrected chi connectivity index (χ3v) is 7.69. The maximum absolute atomic E-state index is 12.8. The van der Waals surface area contributed by atoms with Gasteiger partial charge in [-0.1, -0.05) is 28.1 Å². The van der Waals surface area contributed by atoms with Crippen LogP contribution in [0.15, 0.2) is 57.9 Å². The molecule has 0 unspecified atom stereocenters. The van der Waals surface area contributed by atoms with Crippen molar-refractivity contribution in [2.45, 2.75) is 30.7 Å². The normalized spacial score (nSPS) is 16.9. The minimum atomic E-state index is -3.56. The largest absolute Gasteiger partial charge is 0.497 e. The molecule has 1 atom stereocenters. The number of nitrogens with one attached hydrogen (secondary N) is 1. The number of ether oxygens (including phenoxy) is 1. The molecule has 6 nitrogen and oxygen atoms in total. The van der Waals surface area contributed by atoms with E-state index < -0.39 is 10.0 Å². The van der Waals surface area contributed by atoms with Gasteiger partial charge >= 0.3 is 0 Å². The van der Waals surface area contributed by atoms with Crippen molar-refractivity contribution in [3.63, 3.8) is 0 Å². The lowest BCUT2D eigenvalue weighted by atomic mass is 9.96. The molecule has 0 aliphatic carbocycles. The average Bonchev–Trinajstić information content (AvgIpc) is 2.74. The highest BCUT2D eigenvalue weighted by Crippen LogP contribution is 2.26. The van der Waals surface area contributed by atoms with Crippen molar-refractivity contribution in [1.82, 2.24) is 9.62 Å². The van der Waals surface area contributed by atoms with Crippen LogP contribution in [0.3, 0.4) is 0 Å². The molecule has 1 N–H and O–H groups in total.